The first-order valence-electron chi connectivity index (χ1n) is 4.15. The van der Waals surface area contributed by atoms with E-state index in [1.807, 2.05) is 0 Å². The third kappa shape index (κ3) is 0.601. The van der Waals surface area contributed by atoms with Crippen molar-refractivity contribution in [2.24, 2.45) is 17.8 Å². The van der Waals surface area contributed by atoms with Gasteiger partial charge in [-0.1, -0.05) is 0 Å². The minimum absolute atomic E-state index is 0.0718. The van der Waals surface area contributed by atoms with E-state index < -0.39 is 5.97 Å². The SMILES string of the molecule is O=C(O)[C@@H]1C[C@@H]2O[C@@H]1[C@H]1C[C@H]12. The highest BCUT2D eigenvalue weighted by molar-refractivity contribution is 5.71. The highest BCUT2D eigenvalue weighted by atomic mass is 16.5. The van der Waals surface area contributed by atoms with E-state index in [1.54, 1.807) is 0 Å². The Kier molecular flexibility index (Phi) is 0.876. The highest BCUT2D eigenvalue weighted by Crippen LogP contribution is 2.60. The number of aliphatic carboxylic acids is 1. The van der Waals surface area contributed by atoms with Crippen LogP contribution in [0.15, 0.2) is 0 Å². The lowest BCUT2D eigenvalue weighted by Crippen LogP contribution is -2.26. The lowest BCUT2D eigenvalue weighted by molar-refractivity contribution is -0.143. The molecule has 3 fully saturated rings. The molecule has 0 spiro atoms. The molecule has 0 unspecified atom stereocenters. The fraction of sp³-hybridized carbons (Fsp3) is 0.875. The zero-order valence-electron chi connectivity index (χ0n) is 6.06. The molecule has 2 saturated heterocycles. The van der Waals surface area contributed by atoms with Gasteiger partial charge in [-0.2, -0.15) is 0 Å². The molecule has 3 heteroatoms. The Morgan fingerprint density at radius 1 is 1.36 bits per heavy atom. The van der Waals surface area contributed by atoms with E-state index in [2.05, 4.69) is 0 Å². The Hall–Kier alpha value is -0.570. The molecule has 0 aromatic rings. The van der Waals surface area contributed by atoms with E-state index in [9.17, 15) is 4.79 Å². The quantitative estimate of drug-likeness (QED) is 0.598. The van der Waals surface area contributed by atoms with Crippen molar-refractivity contribution in [3.8, 4) is 0 Å². The van der Waals surface area contributed by atoms with Crippen LogP contribution in [0.4, 0.5) is 0 Å². The van der Waals surface area contributed by atoms with Gasteiger partial charge in [-0.15, -0.1) is 0 Å². The third-order valence-corrected chi connectivity index (χ3v) is 3.32. The topological polar surface area (TPSA) is 46.5 Å². The van der Waals surface area contributed by atoms with Crippen LogP contribution in [-0.4, -0.2) is 23.3 Å². The van der Waals surface area contributed by atoms with Crippen molar-refractivity contribution in [1.29, 1.82) is 0 Å². The molecule has 3 nitrogen and oxygen atoms in total. The Morgan fingerprint density at radius 3 is 2.73 bits per heavy atom. The van der Waals surface area contributed by atoms with Gasteiger partial charge in [0.05, 0.1) is 18.1 Å². The molecule has 0 amide bonds. The molecule has 1 N–H and O–H groups in total. The minimum atomic E-state index is -0.664. The zero-order chi connectivity index (χ0) is 7.59. The number of carbonyl (C=O) groups is 1. The predicted octanol–water partition coefficient (Wildman–Crippen LogP) is 0.494. The van der Waals surface area contributed by atoms with Crippen molar-refractivity contribution in [3.05, 3.63) is 0 Å². The molecule has 3 rings (SSSR count). The van der Waals surface area contributed by atoms with E-state index in [4.69, 9.17) is 9.84 Å². The van der Waals surface area contributed by atoms with Crippen molar-refractivity contribution in [3.63, 3.8) is 0 Å². The van der Waals surface area contributed by atoms with Gasteiger partial charge in [0.1, 0.15) is 0 Å². The minimum Gasteiger partial charge on any atom is -0.481 e. The van der Waals surface area contributed by atoms with Gasteiger partial charge < -0.3 is 9.84 Å². The van der Waals surface area contributed by atoms with Crippen LogP contribution >= 0.6 is 0 Å². The van der Waals surface area contributed by atoms with Crippen LogP contribution in [0.25, 0.3) is 0 Å². The van der Waals surface area contributed by atoms with Gasteiger partial charge in [0.2, 0.25) is 0 Å². The molecular formula is C8H10O3. The summed E-state index contributed by atoms with van der Waals surface area (Å²) in [5.41, 5.74) is 0. The first-order valence-corrected chi connectivity index (χ1v) is 4.15. The normalized spacial score (nSPS) is 57.6. The largest absolute Gasteiger partial charge is 0.481 e. The molecule has 0 radical (unpaired) electrons. The summed E-state index contributed by atoms with van der Waals surface area (Å²) in [6, 6.07) is 0. The van der Waals surface area contributed by atoms with Gasteiger partial charge in [-0.25, -0.2) is 0 Å². The number of rotatable bonds is 1. The number of carboxylic acid groups (broad SMARTS) is 1. The fourth-order valence-corrected chi connectivity index (χ4v) is 2.69. The van der Waals surface area contributed by atoms with Crippen LogP contribution in [0.5, 0.6) is 0 Å². The zero-order valence-corrected chi connectivity index (χ0v) is 6.06. The summed E-state index contributed by atoms with van der Waals surface area (Å²) in [6.07, 6.45) is 2.36. The second kappa shape index (κ2) is 1.61. The van der Waals surface area contributed by atoms with Crippen LogP contribution in [0.2, 0.25) is 0 Å². The van der Waals surface area contributed by atoms with Crippen LogP contribution in [0.3, 0.4) is 0 Å². The maximum Gasteiger partial charge on any atom is 0.309 e. The first kappa shape index (κ1) is 6.00. The summed E-state index contributed by atoms with van der Waals surface area (Å²) in [5, 5.41) is 8.79. The number of carboxylic acids is 1. The molecule has 1 saturated carbocycles. The van der Waals surface area contributed by atoms with Crippen LogP contribution in [-0.2, 0) is 9.53 Å². The maximum atomic E-state index is 10.7. The Labute approximate surface area is 64.3 Å². The number of hydrogen-bond acceptors (Lipinski definition) is 2. The summed E-state index contributed by atoms with van der Waals surface area (Å²) in [5.74, 6) is 0.483. The van der Waals surface area contributed by atoms with Crippen molar-refractivity contribution in [1.82, 2.24) is 0 Å². The van der Waals surface area contributed by atoms with E-state index in [1.165, 1.54) is 6.42 Å². The van der Waals surface area contributed by atoms with Crippen molar-refractivity contribution >= 4 is 5.97 Å². The van der Waals surface area contributed by atoms with Crippen molar-refractivity contribution in [2.75, 3.05) is 0 Å². The Morgan fingerprint density at radius 2 is 2.18 bits per heavy atom. The van der Waals surface area contributed by atoms with Gasteiger partial charge >= 0.3 is 5.97 Å². The van der Waals surface area contributed by atoms with E-state index >= 15 is 0 Å². The lowest BCUT2D eigenvalue weighted by Gasteiger charge is -2.12. The summed E-state index contributed by atoms with van der Waals surface area (Å²) in [7, 11) is 0. The van der Waals surface area contributed by atoms with Crippen LogP contribution < -0.4 is 0 Å². The highest BCUT2D eigenvalue weighted by Gasteiger charge is 2.64. The van der Waals surface area contributed by atoms with Crippen molar-refractivity contribution < 1.29 is 14.6 Å². The molecule has 3 aliphatic rings. The summed E-state index contributed by atoms with van der Waals surface area (Å²) in [6.45, 7) is 0. The molecule has 0 aromatic carbocycles. The second-order valence-electron chi connectivity index (χ2n) is 3.88. The molecular weight excluding hydrogens is 144 g/mol. The molecule has 11 heavy (non-hydrogen) atoms. The van der Waals surface area contributed by atoms with Gasteiger partial charge in [0.25, 0.3) is 0 Å². The molecule has 2 aliphatic heterocycles. The number of ether oxygens (including phenoxy) is 1. The predicted molar refractivity (Wildman–Crippen MR) is 36.0 cm³/mol. The summed E-state index contributed by atoms with van der Waals surface area (Å²) >= 11 is 0. The Balaban J connectivity index is 1.87. The van der Waals surface area contributed by atoms with E-state index in [-0.39, 0.29) is 12.0 Å². The van der Waals surface area contributed by atoms with Gasteiger partial charge in [0.15, 0.2) is 0 Å². The smallest absolute Gasteiger partial charge is 0.309 e. The van der Waals surface area contributed by atoms with Crippen LogP contribution in [0.1, 0.15) is 12.8 Å². The van der Waals surface area contributed by atoms with Gasteiger partial charge in [-0.05, 0) is 24.7 Å². The standard InChI is InChI=1S/C8H10O3/c9-8(10)5-2-6-3-1-4(3)7(5)11-6/h3-7H,1-2H2,(H,9,10)/t3-,4+,5-,6+,7-/m1/s1. The second-order valence-corrected chi connectivity index (χ2v) is 3.88. The fourth-order valence-electron chi connectivity index (χ4n) is 2.69. The lowest BCUT2D eigenvalue weighted by atomic mass is 9.89. The molecule has 2 heterocycles. The Bertz CT molecular complexity index is 225. The number of fused-ring (bicyclic) bond motifs is 5. The van der Waals surface area contributed by atoms with Gasteiger partial charge in [0, 0.05) is 0 Å². The monoisotopic (exact) mass is 154 g/mol. The van der Waals surface area contributed by atoms with E-state index in [0.717, 1.165) is 12.3 Å². The van der Waals surface area contributed by atoms with Crippen LogP contribution in [0, 0.1) is 17.8 Å². The summed E-state index contributed by atoms with van der Waals surface area (Å²) in [4.78, 5) is 10.7. The molecule has 1 aliphatic carbocycles. The van der Waals surface area contributed by atoms with E-state index in [0.29, 0.717) is 12.0 Å². The average molecular weight is 154 g/mol. The average Bonchev–Trinajstić information content (AvgIpc) is 2.57. The third-order valence-electron chi connectivity index (χ3n) is 3.32. The maximum absolute atomic E-state index is 10.7. The molecule has 5 atom stereocenters. The first-order chi connectivity index (χ1) is 5.27. The number of hydrogen-bond donors (Lipinski definition) is 1. The van der Waals surface area contributed by atoms with Crippen molar-refractivity contribution in [2.45, 2.75) is 25.0 Å². The van der Waals surface area contributed by atoms with Gasteiger partial charge in [-0.3, -0.25) is 4.79 Å². The molecule has 2 bridgehead atoms. The summed E-state index contributed by atoms with van der Waals surface area (Å²) < 4.78 is 5.53. The molecule has 0 aromatic heterocycles. The molecule has 60 valence electrons.